The average molecular weight is 375 g/mol. The average Bonchev–Trinajstić information content (AvgIpc) is 3.44. The van der Waals surface area contributed by atoms with Gasteiger partial charge in [0.05, 0.1) is 6.54 Å². The van der Waals surface area contributed by atoms with Crippen LogP contribution in [-0.4, -0.2) is 41.4 Å². The topological polar surface area (TPSA) is 125 Å². The quantitative estimate of drug-likeness (QED) is 0.519. The smallest absolute Gasteiger partial charge is 0.326 e. The highest BCUT2D eigenvalue weighted by Crippen LogP contribution is 2.30. The van der Waals surface area contributed by atoms with Crippen LogP contribution in [0.2, 0.25) is 0 Å². The van der Waals surface area contributed by atoms with Gasteiger partial charge in [-0.3, -0.25) is 14.4 Å². The van der Waals surface area contributed by atoms with E-state index in [0.717, 1.165) is 12.8 Å². The van der Waals surface area contributed by atoms with Crippen molar-refractivity contribution in [3.8, 4) is 0 Å². The summed E-state index contributed by atoms with van der Waals surface area (Å²) in [6.07, 6.45) is 2.13. The molecule has 4 N–H and O–H groups in total. The fourth-order valence-corrected chi connectivity index (χ4v) is 2.50. The summed E-state index contributed by atoms with van der Waals surface area (Å²) in [6, 6.07) is 5.36. The molecule has 0 aliphatic heterocycles. The van der Waals surface area contributed by atoms with E-state index in [0.29, 0.717) is 17.7 Å². The van der Waals surface area contributed by atoms with Crippen LogP contribution in [0.4, 0.5) is 5.69 Å². The highest BCUT2D eigenvalue weighted by Gasteiger charge is 2.29. The van der Waals surface area contributed by atoms with Crippen LogP contribution in [0.15, 0.2) is 24.3 Å². The van der Waals surface area contributed by atoms with Crippen molar-refractivity contribution in [2.45, 2.75) is 39.2 Å². The maximum atomic E-state index is 12.1. The number of hydrogen-bond donors (Lipinski definition) is 4. The van der Waals surface area contributed by atoms with Crippen molar-refractivity contribution in [2.24, 2.45) is 11.8 Å². The summed E-state index contributed by atoms with van der Waals surface area (Å²) in [4.78, 5) is 46.8. The van der Waals surface area contributed by atoms with Crippen LogP contribution < -0.4 is 16.0 Å². The second-order valence-corrected chi connectivity index (χ2v) is 7.11. The van der Waals surface area contributed by atoms with E-state index < -0.39 is 23.8 Å². The highest BCUT2D eigenvalue weighted by atomic mass is 16.4. The molecular weight excluding hydrogens is 350 g/mol. The van der Waals surface area contributed by atoms with Gasteiger partial charge in [0.25, 0.3) is 5.91 Å². The standard InChI is InChI=1S/C19H25N3O5/c1-11(2)9-15(19(26)27)22-16(23)10-20-17(24)12-5-7-14(8-6-12)21-18(25)13-3-4-13/h5-8,11,13,15H,3-4,9-10H2,1-2H3,(H,20,24)(H,21,25)(H,22,23)(H,26,27)/t15-/m0/s1. The Morgan fingerprint density at radius 3 is 2.26 bits per heavy atom. The first kappa shape index (κ1) is 20.4. The zero-order valence-corrected chi connectivity index (χ0v) is 15.5. The molecule has 1 fully saturated rings. The molecule has 1 saturated carbocycles. The molecule has 146 valence electrons. The first-order valence-corrected chi connectivity index (χ1v) is 8.97. The fraction of sp³-hybridized carbons (Fsp3) is 0.474. The maximum absolute atomic E-state index is 12.1. The van der Waals surface area contributed by atoms with Crippen LogP contribution in [0.1, 0.15) is 43.5 Å². The van der Waals surface area contributed by atoms with E-state index in [-0.39, 0.29) is 24.3 Å². The molecule has 1 aromatic carbocycles. The molecule has 0 aromatic heterocycles. The Labute approximate surface area is 157 Å². The van der Waals surface area contributed by atoms with Gasteiger partial charge in [-0.2, -0.15) is 0 Å². The Kier molecular flexibility index (Phi) is 6.92. The van der Waals surface area contributed by atoms with E-state index in [1.165, 1.54) is 0 Å². The number of benzene rings is 1. The summed E-state index contributed by atoms with van der Waals surface area (Å²) < 4.78 is 0. The van der Waals surface area contributed by atoms with Gasteiger partial charge in [0.1, 0.15) is 6.04 Å². The second-order valence-electron chi connectivity index (χ2n) is 7.11. The zero-order valence-electron chi connectivity index (χ0n) is 15.5. The van der Waals surface area contributed by atoms with Crippen LogP contribution >= 0.6 is 0 Å². The lowest BCUT2D eigenvalue weighted by molar-refractivity contribution is -0.142. The van der Waals surface area contributed by atoms with Crippen molar-refractivity contribution < 1.29 is 24.3 Å². The monoisotopic (exact) mass is 375 g/mol. The van der Waals surface area contributed by atoms with E-state index >= 15 is 0 Å². The first-order chi connectivity index (χ1) is 12.8. The van der Waals surface area contributed by atoms with Gasteiger partial charge in [0, 0.05) is 17.2 Å². The van der Waals surface area contributed by atoms with Crippen molar-refractivity contribution in [3.63, 3.8) is 0 Å². The number of anilines is 1. The van der Waals surface area contributed by atoms with Gasteiger partial charge >= 0.3 is 5.97 Å². The van der Waals surface area contributed by atoms with E-state index in [2.05, 4.69) is 16.0 Å². The van der Waals surface area contributed by atoms with Gasteiger partial charge in [-0.1, -0.05) is 13.8 Å². The summed E-state index contributed by atoms with van der Waals surface area (Å²) in [7, 11) is 0. The van der Waals surface area contributed by atoms with Crippen LogP contribution in [0.5, 0.6) is 0 Å². The van der Waals surface area contributed by atoms with Crippen molar-refractivity contribution >= 4 is 29.4 Å². The highest BCUT2D eigenvalue weighted by molar-refractivity contribution is 5.98. The van der Waals surface area contributed by atoms with Gasteiger partial charge in [-0.05, 0) is 49.4 Å². The molecule has 0 unspecified atom stereocenters. The van der Waals surface area contributed by atoms with Crippen LogP contribution in [0, 0.1) is 11.8 Å². The van der Waals surface area contributed by atoms with E-state index in [9.17, 15) is 19.2 Å². The maximum Gasteiger partial charge on any atom is 0.326 e. The third-order valence-electron chi connectivity index (χ3n) is 4.11. The normalized spacial score (nSPS) is 14.3. The number of nitrogens with one attached hydrogen (secondary N) is 3. The first-order valence-electron chi connectivity index (χ1n) is 8.97. The number of carboxylic acids is 1. The van der Waals surface area contributed by atoms with Gasteiger partial charge < -0.3 is 21.1 Å². The van der Waals surface area contributed by atoms with Crippen molar-refractivity contribution in [3.05, 3.63) is 29.8 Å². The molecule has 8 heteroatoms. The summed E-state index contributed by atoms with van der Waals surface area (Å²) in [5.41, 5.74) is 0.948. The predicted octanol–water partition coefficient (Wildman–Crippen LogP) is 1.38. The molecule has 0 bridgehead atoms. The molecule has 8 nitrogen and oxygen atoms in total. The number of amides is 3. The summed E-state index contributed by atoms with van der Waals surface area (Å²) >= 11 is 0. The Balaban J connectivity index is 1.81. The van der Waals surface area contributed by atoms with Crippen molar-refractivity contribution in [1.29, 1.82) is 0 Å². The van der Waals surface area contributed by atoms with Gasteiger partial charge in [-0.15, -0.1) is 0 Å². The number of hydrogen-bond acceptors (Lipinski definition) is 4. The zero-order chi connectivity index (χ0) is 20.0. The molecule has 0 radical (unpaired) electrons. The lowest BCUT2D eigenvalue weighted by atomic mass is 10.0. The molecule has 1 aliphatic carbocycles. The largest absolute Gasteiger partial charge is 0.480 e. The van der Waals surface area contributed by atoms with Crippen molar-refractivity contribution in [1.82, 2.24) is 10.6 Å². The molecule has 1 atom stereocenters. The number of aliphatic carboxylic acids is 1. The van der Waals surface area contributed by atoms with Gasteiger partial charge in [-0.25, -0.2) is 4.79 Å². The third-order valence-corrected chi connectivity index (χ3v) is 4.11. The van der Waals surface area contributed by atoms with E-state index in [1.54, 1.807) is 24.3 Å². The molecule has 1 aromatic rings. The molecule has 1 aliphatic rings. The number of carboxylic acid groups (broad SMARTS) is 1. The SMILES string of the molecule is CC(C)C[C@H](NC(=O)CNC(=O)c1ccc(NC(=O)C2CC2)cc1)C(=O)O. The Bertz CT molecular complexity index is 711. The van der Waals surface area contributed by atoms with Crippen LogP contribution in [0.25, 0.3) is 0 Å². The molecule has 27 heavy (non-hydrogen) atoms. The minimum absolute atomic E-state index is 0.0155. The molecule has 0 spiro atoms. The second kappa shape index (κ2) is 9.16. The minimum atomic E-state index is -1.10. The van der Waals surface area contributed by atoms with Gasteiger partial charge in [0.15, 0.2) is 0 Å². The predicted molar refractivity (Wildman–Crippen MR) is 99.2 cm³/mol. The lowest BCUT2D eigenvalue weighted by Crippen LogP contribution is -2.46. The van der Waals surface area contributed by atoms with E-state index in [1.807, 2.05) is 13.8 Å². The van der Waals surface area contributed by atoms with Crippen molar-refractivity contribution in [2.75, 3.05) is 11.9 Å². The lowest BCUT2D eigenvalue weighted by Gasteiger charge is -2.16. The summed E-state index contributed by atoms with van der Waals surface area (Å²) in [5, 5.41) is 16.8. The number of rotatable bonds is 9. The molecule has 0 saturated heterocycles. The third kappa shape index (κ3) is 6.73. The summed E-state index contributed by atoms with van der Waals surface area (Å²) in [5.74, 6) is -1.94. The minimum Gasteiger partial charge on any atom is -0.480 e. The Morgan fingerprint density at radius 1 is 1.11 bits per heavy atom. The van der Waals surface area contributed by atoms with Gasteiger partial charge in [0.2, 0.25) is 11.8 Å². The molecule has 0 heterocycles. The molecule has 2 rings (SSSR count). The molecule has 3 amide bonds. The Morgan fingerprint density at radius 2 is 1.74 bits per heavy atom. The molecular formula is C19H25N3O5. The van der Waals surface area contributed by atoms with E-state index in [4.69, 9.17) is 5.11 Å². The fourth-order valence-electron chi connectivity index (χ4n) is 2.50. The number of carbonyl (C=O) groups is 4. The Hall–Kier alpha value is -2.90. The van der Waals surface area contributed by atoms with Crippen LogP contribution in [-0.2, 0) is 14.4 Å². The summed E-state index contributed by atoms with van der Waals surface area (Å²) in [6.45, 7) is 3.40. The van der Waals surface area contributed by atoms with Crippen LogP contribution in [0.3, 0.4) is 0 Å². The number of carbonyl (C=O) groups excluding carboxylic acids is 3.